The van der Waals surface area contributed by atoms with Crippen molar-refractivity contribution in [2.24, 2.45) is 10.8 Å². The predicted molar refractivity (Wildman–Crippen MR) is 112 cm³/mol. The highest BCUT2D eigenvalue weighted by molar-refractivity contribution is 6.68. The van der Waals surface area contributed by atoms with Crippen molar-refractivity contribution in [3.05, 3.63) is 35.8 Å². The summed E-state index contributed by atoms with van der Waals surface area (Å²) in [4.78, 5) is 5.22. The summed E-state index contributed by atoms with van der Waals surface area (Å²) in [6.45, 7) is 19.4. The van der Waals surface area contributed by atoms with E-state index < -0.39 is 0 Å². The number of hydrogen-bond donors (Lipinski definition) is 0. The van der Waals surface area contributed by atoms with Crippen molar-refractivity contribution in [2.45, 2.75) is 73.4 Å². The van der Waals surface area contributed by atoms with E-state index in [9.17, 15) is 0 Å². The van der Waals surface area contributed by atoms with Gasteiger partial charge in [0.2, 0.25) is 0 Å². The van der Waals surface area contributed by atoms with Crippen LogP contribution in [0.5, 0.6) is 0 Å². The number of anilines is 1. The molecule has 2 nitrogen and oxygen atoms in total. The zero-order valence-corrected chi connectivity index (χ0v) is 17.6. The molecular formula is C22H35BN2. The van der Waals surface area contributed by atoms with Crippen molar-refractivity contribution in [1.29, 1.82) is 0 Å². The minimum atomic E-state index is 0.137. The first-order valence-electron chi connectivity index (χ1n) is 9.69. The summed E-state index contributed by atoms with van der Waals surface area (Å²) in [6.07, 6.45) is 1.23. The Morgan fingerprint density at radius 2 is 1.68 bits per heavy atom. The first-order valence-corrected chi connectivity index (χ1v) is 9.69. The van der Waals surface area contributed by atoms with Crippen LogP contribution in [0.3, 0.4) is 0 Å². The van der Waals surface area contributed by atoms with E-state index in [1.165, 1.54) is 23.2 Å². The topological polar surface area (TPSA) is 6.48 Å². The fourth-order valence-electron chi connectivity index (χ4n) is 5.26. The number of allylic oxidation sites excluding steroid dienone is 1. The number of rotatable bonds is 1. The molecule has 1 aromatic rings. The molecule has 0 spiro atoms. The lowest BCUT2D eigenvalue weighted by Crippen LogP contribution is -2.60. The molecule has 0 bridgehead atoms. The summed E-state index contributed by atoms with van der Waals surface area (Å²) in [6, 6.07) is 9.43. The molecule has 0 aliphatic carbocycles. The minimum Gasteiger partial charge on any atom is -0.400 e. The molecular weight excluding hydrogens is 303 g/mol. The number of benzene rings is 1. The van der Waals surface area contributed by atoms with Crippen LogP contribution in [0.4, 0.5) is 5.69 Å². The van der Waals surface area contributed by atoms with Gasteiger partial charge in [0.05, 0.1) is 0 Å². The Morgan fingerprint density at radius 3 is 2.20 bits per heavy atom. The number of fused-ring (bicyclic) bond motifs is 1. The van der Waals surface area contributed by atoms with Gasteiger partial charge >= 0.3 is 6.98 Å². The standard InChI is InChI=1S/C22H35BN2/c1-16-21(5,6)15-22(7,8)25(16)23-14-18(20(2,3)4)17-12-10-11-13-19(17)24(23)9/h10-14,16H,15H2,1-9H3/t16-/m0/s1. The number of para-hydroxylation sites is 1. The highest BCUT2D eigenvalue weighted by atomic mass is 15.3. The zero-order valence-electron chi connectivity index (χ0n) is 17.6. The normalized spacial score (nSPS) is 25.8. The Balaban J connectivity index is 2.14. The van der Waals surface area contributed by atoms with Crippen LogP contribution < -0.4 is 4.81 Å². The molecule has 136 valence electrons. The molecule has 3 heteroatoms. The summed E-state index contributed by atoms with van der Waals surface area (Å²) in [5.41, 5.74) is 4.87. The van der Waals surface area contributed by atoms with Gasteiger partial charge in [0.15, 0.2) is 0 Å². The molecule has 0 radical (unpaired) electrons. The van der Waals surface area contributed by atoms with E-state index in [1.54, 1.807) is 0 Å². The molecule has 0 aromatic heterocycles. The van der Waals surface area contributed by atoms with Crippen LogP contribution in [-0.2, 0) is 0 Å². The third-order valence-electron chi connectivity index (χ3n) is 6.52. The van der Waals surface area contributed by atoms with Gasteiger partial charge in [0, 0.05) is 17.3 Å². The third-order valence-corrected chi connectivity index (χ3v) is 6.52. The molecule has 2 heterocycles. The molecule has 2 aliphatic rings. The van der Waals surface area contributed by atoms with Crippen LogP contribution >= 0.6 is 0 Å². The molecule has 2 aliphatic heterocycles. The zero-order chi connectivity index (χ0) is 18.8. The van der Waals surface area contributed by atoms with Crippen LogP contribution in [0.15, 0.2) is 30.2 Å². The largest absolute Gasteiger partial charge is 0.400 e. The van der Waals surface area contributed by atoms with E-state index in [0.717, 1.165) is 0 Å². The fourth-order valence-corrected chi connectivity index (χ4v) is 5.26. The molecule has 1 saturated heterocycles. The lowest BCUT2D eigenvalue weighted by atomic mass is 9.60. The second-order valence-corrected chi connectivity index (χ2v) is 10.4. The van der Waals surface area contributed by atoms with Gasteiger partial charge in [-0.3, -0.25) is 0 Å². The molecule has 1 aromatic carbocycles. The molecule has 0 unspecified atom stereocenters. The first-order chi connectivity index (χ1) is 11.4. The van der Waals surface area contributed by atoms with Gasteiger partial charge in [0.1, 0.15) is 0 Å². The van der Waals surface area contributed by atoms with E-state index in [0.29, 0.717) is 18.4 Å². The monoisotopic (exact) mass is 338 g/mol. The molecule has 0 amide bonds. The molecule has 0 saturated carbocycles. The molecule has 3 rings (SSSR count). The average molecular weight is 338 g/mol. The van der Waals surface area contributed by atoms with Crippen molar-refractivity contribution in [3.63, 3.8) is 0 Å². The van der Waals surface area contributed by atoms with Gasteiger partial charge in [-0.1, -0.05) is 58.8 Å². The summed E-state index contributed by atoms with van der Waals surface area (Å²) in [7, 11) is 2.26. The van der Waals surface area contributed by atoms with Gasteiger partial charge in [0.25, 0.3) is 0 Å². The van der Waals surface area contributed by atoms with E-state index in [2.05, 4.69) is 102 Å². The highest BCUT2D eigenvalue weighted by Crippen LogP contribution is 2.49. The Bertz CT molecular complexity index is 696. The average Bonchev–Trinajstić information content (AvgIpc) is 2.63. The van der Waals surface area contributed by atoms with Crippen molar-refractivity contribution >= 4 is 18.2 Å². The molecule has 25 heavy (non-hydrogen) atoms. The highest BCUT2D eigenvalue weighted by Gasteiger charge is 2.53. The van der Waals surface area contributed by atoms with Crippen LogP contribution in [0.25, 0.3) is 5.57 Å². The van der Waals surface area contributed by atoms with Crippen LogP contribution in [0.2, 0.25) is 0 Å². The summed E-state index contributed by atoms with van der Waals surface area (Å²) in [5, 5.41) is 0. The quantitative estimate of drug-likeness (QED) is 0.625. The summed E-state index contributed by atoms with van der Waals surface area (Å²) >= 11 is 0. The Hall–Kier alpha value is -1.22. The summed E-state index contributed by atoms with van der Waals surface area (Å²) in [5.74, 6) is 2.53. The van der Waals surface area contributed by atoms with Gasteiger partial charge in [-0.25, -0.2) is 0 Å². The second-order valence-electron chi connectivity index (χ2n) is 10.4. The second kappa shape index (κ2) is 5.64. The maximum atomic E-state index is 2.74. The van der Waals surface area contributed by atoms with E-state index in [-0.39, 0.29) is 11.0 Å². The molecule has 0 N–H and O–H groups in total. The Kier molecular flexibility index (Phi) is 4.19. The van der Waals surface area contributed by atoms with Gasteiger partial charge in [-0.05, 0) is 62.3 Å². The van der Waals surface area contributed by atoms with Gasteiger partial charge in [-0.2, -0.15) is 0 Å². The van der Waals surface area contributed by atoms with Crippen molar-refractivity contribution in [3.8, 4) is 0 Å². The minimum absolute atomic E-state index is 0.137. The van der Waals surface area contributed by atoms with Crippen molar-refractivity contribution in [2.75, 3.05) is 11.9 Å². The first kappa shape index (κ1) is 18.6. The maximum absolute atomic E-state index is 2.74. The lowest BCUT2D eigenvalue weighted by Gasteiger charge is -2.46. The Morgan fingerprint density at radius 1 is 1.08 bits per heavy atom. The van der Waals surface area contributed by atoms with Gasteiger partial charge < -0.3 is 9.62 Å². The third kappa shape index (κ3) is 2.95. The SMILES string of the molecule is C[C@@H]1N(B2C=C(C(C)(C)C)c3ccccc3N2C)C(C)(C)CC1(C)C. The van der Waals surface area contributed by atoms with Gasteiger partial charge in [-0.15, -0.1) is 0 Å². The van der Waals surface area contributed by atoms with Crippen LogP contribution in [-0.4, -0.2) is 30.4 Å². The van der Waals surface area contributed by atoms with E-state index in [4.69, 9.17) is 0 Å². The van der Waals surface area contributed by atoms with Crippen LogP contribution in [0.1, 0.15) is 67.4 Å². The summed E-state index contributed by atoms with van der Waals surface area (Å²) < 4.78 is 0. The number of hydrogen-bond acceptors (Lipinski definition) is 2. The molecule has 1 fully saturated rings. The van der Waals surface area contributed by atoms with E-state index in [1.807, 2.05) is 0 Å². The fraction of sp³-hybridized carbons (Fsp3) is 0.636. The lowest BCUT2D eigenvalue weighted by molar-refractivity contribution is 0.235. The van der Waals surface area contributed by atoms with Crippen LogP contribution in [0, 0.1) is 10.8 Å². The van der Waals surface area contributed by atoms with Crippen molar-refractivity contribution < 1.29 is 0 Å². The maximum Gasteiger partial charge on any atom is 0.371 e. The molecule has 1 atom stereocenters. The van der Waals surface area contributed by atoms with E-state index >= 15 is 0 Å². The smallest absolute Gasteiger partial charge is 0.371 e. The van der Waals surface area contributed by atoms with Crippen molar-refractivity contribution in [1.82, 2.24) is 4.81 Å². The Labute approximate surface area is 155 Å². The number of nitrogens with zero attached hydrogens (tertiary/aromatic N) is 2. The predicted octanol–water partition coefficient (Wildman–Crippen LogP) is 5.49.